The summed E-state index contributed by atoms with van der Waals surface area (Å²) < 4.78 is 0. The lowest BCUT2D eigenvalue weighted by Crippen LogP contribution is -2.56. The van der Waals surface area contributed by atoms with Crippen LogP contribution >= 0.6 is 12.2 Å². The molecule has 1 aliphatic heterocycles. The molecule has 0 unspecified atom stereocenters. The van der Waals surface area contributed by atoms with E-state index in [1.165, 1.54) is 5.56 Å². The molecule has 0 aromatic heterocycles. The van der Waals surface area contributed by atoms with Crippen molar-refractivity contribution in [3.05, 3.63) is 35.9 Å². The van der Waals surface area contributed by atoms with Crippen LogP contribution in [0.2, 0.25) is 0 Å². The third kappa shape index (κ3) is 2.46. The van der Waals surface area contributed by atoms with Crippen molar-refractivity contribution in [2.75, 3.05) is 20.1 Å². The molecule has 2 rings (SSSR count). The van der Waals surface area contributed by atoms with Crippen LogP contribution in [-0.4, -0.2) is 35.3 Å². The van der Waals surface area contributed by atoms with E-state index in [9.17, 15) is 0 Å². The molecule has 0 aliphatic carbocycles. The third-order valence-corrected chi connectivity index (χ3v) is 2.89. The summed E-state index contributed by atoms with van der Waals surface area (Å²) in [7, 11) is 2.07. The molecule has 0 radical (unpaired) electrons. The molecule has 1 aromatic rings. The Bertz CT molecular complexity index is 339. The lowest BCUT2D eigenvalue weighted by Gasteiger charge is -2.38. The van der Waals surface area contributed by atoms with Gasteiger partial charge in [0.1, 0.15) is 0 Å². The van der Waals surface area contributed by atoms with Gasteiger partial charge in [0.05, 0.1) is 6.54 Å². The fourth-order valence-corrected chi connectivity index (χ4v) is 1.95. The minimum absolute atomic E-state index is 0.813. The second-order valence-electron chi connectivity index (χ2n) is 3.66. The predicted octanol–water partition coefficient (Wildman–Crippen LogP) is 1.22. The first kappa shape index (κ1) is 10.4. The summed E-state index contributed by atoms with van der Waals surface area (Å²) in [5.74, 6) is 0. The number of hydrogen-bond acceptors (Lipinski definition) is 2. The molecule has 3 nitrogen and oxygen atoms in total. The summed E-state index contributed by atoms with van der Waals surface area (Å²) in [6, 6.07) is 10.4. The minimum atomic E-state index is 0.813. The van der Waals surface area contributed by atoms with Crippen molar-refractivity contribution in [3.63, 3.8) is 0 Å². The molecule has 0 amide bonds. The topological polar surface area (TPSA) is 18.5 Å². The molecular weight excluding hydrogens is 206 g/mol. The second-order valence-corrected chi connectivity index (χ2v) is 4.04. The Hall–Kier alpha value is -1.13. The number of benzene rings is 1. The third-order valence-electron chi connectivity index (χ3n) is 2.53. The number of thiocarbonyl (C=S) groups is 1. The summed E-state index contributed by atoms with van der Waals surface area (Å²) in [5, 5.41) is 8.26. The first-order valence-corrected chi connectivity index (χ1v) is 5.48. The Balaban J connectivity index is 2.07. The zero-order chi connectivity index (χ0) is 10.7. The smallest absolute Gasteiger partial charge is 0.184 e. The van der Waals surface area contributed by atoms with Gasteiger partial charge >= 0.3 is 0 Å². The Labute approximate surface area is 95.6 Å². The van der Waals surface area contributed by atoms with Gasteiger partial charge in [-0.3, -0.25) is 5.01 Å². The van der Waals surface area contributed by atoms with Gasteiger partial charge in [-0.2, -0.15) is 0 Å². The zero-order valence-electron chi connectivity index (χ0n) is 8.81. The van der Waals surface area contributed by atoms with Crippen molar-refractivity contribution < 1.29 is 0 Å². The first-order chi connectivity index (χ1) is 7.27. The highest BCUT2D eigenvalue weighted by Gasteiger charge is 2.19. The molecule has 1 N–H and O–H groups in total. The van der Waals surface area contributed by atoms with Crippen molar-refractivity contribution in [1.82, 2.24) is 15.3 Å². The summed E-state index contributed by atoms with van der Waals surface area (Å²) >= 11 is 5.28. The van der Waals surface area contributed by atoms with E-state index in [4.69, 9.17) is 12.2 Å². The molecule has 0 atom stereocenters. The molecule has 4 heteroatoms. The number of hydrazine groups is 1. The fourth-order valence-electron chi connectivity index (χ4n) is 1.64. The fraction of sp³-hybridized carbons (Fsp3) is 0.364. The predicted molar refractivity (Wildman–Crippen MR) is 65.2 cm³/mol. The molecule has 1 fully saturated rings. The van der Waals surface area contributed by atoms with Crippen LogP contribution in [0.1, 0.15) is 5.56 Å². The molecule has 1 aliphatic rings. The van der Waals surface area contributed by atoms with E-state index >= 15 is 0 Å². The van der Waals surface area contributed by atoms with E-state index in [0.29, 0.717) is 0 Å². The monoisotopic (exact) mass is 221 g/mol. The zero-order valence-corrected chi connectivity index (χ0v) is 9.63. The molecule has 0 saturated carbocycles. The molecule has 0 bridgehead atoms. The summed E-state index contributed by atoms with van der Waals surface area (Å²) in [6.45, 7) is 2.76. The lowest BCUT2D eigenvalue weighted by molar-refractivity contribution is 0.0543. The number of hydrogen-bond donors (Lipinski definition) is 1. The van der Waals surface area contributed by atoms with Crippen molar-refractivity contribution >= 4 is 17.3 Å². The quantitative estimate of drug-likeness (QED) is 0.757. The van der Waals surface area contributed by atoms with Crippen molar-refractivity contribution in [1.29, 1.82) is 0 Å². The van der Waals surface area contributed by atoms with Crippen molar-refractivity contribution in [2.24, 2.45) is 0 Å². The van der Waals surface area contributed by atoms with Crippen LogP contribution in [0, 0.1) is 0 Å². The summed E-state index contributed by atoms with van der Waals surface area (Å²) in [5.41, 5.74) is 1.27. The normalized spacial score (nSPS) is 17.7. The number of nitrogens with one attached hydrogen (secondary N) is 1. The number of nitrogens with zero attached hydrogens (tertiary/aromatic N) is 2. The van der Waals surface area contributed by atoms with Crippen LogP contribution < -0.4 is 5.32 Å². The lowest BCUT2D eigenvalue weighted by atomic mass is 10.2. The van der Waals surface area contributed by atoms with Crippen LogP contribution in [-0.2, 0) is 6.54 Å². The average molecular weight is 221 g/mol. The van der Waals surface area contributed by atoms with E-state index in [2.05, 4.69) is 46.6 Å². The first-order valence-electron chi connectivity index (χ1n) is 5.08. The Morgan fingerprint density at radius 2 is 2.07 bits per heavy atom. The highest BCUT2D eigenvalue weighted by molar-refractivity contribution is 7.80. The maximum Gasteiger partial charge on any atom is 0.184 e. The van der Waals surface area contributed by atoms with Gasteiger partial charge in [-0.1, -0.05) is 30.3 Å². The van der Waals surface area contributed by atoms with E-state index in [0.717, 1.165) is 24.7 Å². The van der Waals surface area contributed by atoms with Gasteiger partial charge < -0.3 is 5.32 Å². The van der Waals surface area contributed by atoms with Crippen LogP contribution in [0.15, 0.2) is 30.3 Å². The Morgan fingerprint density at radius 3 is 2.73 bits per heavy atom. The number of rotatable bonds is 2. The Morgan fingerprint density at radius 1 is 1.33 bits per heavy atom. The van der Waals surface area contributed by atoms with Crippen LogP contribution in [0.5, 0.6) is 0 Å². The highest BCUT2D eigenvalue weighted by Crippen LogP contribution is 2.08. The van der Waals surface area contributed by atoms with Gasteiger partial charge in [-0.05, 0) is 17.8 Å². The van der Waals surface area contributed by atoms with Crippen molar-refractivity contribution in [2.45, 2.75) is 6.54 Å². The molecule has 80 valence electrons. The maximum atomic E-state index is 5.28. The van der Waals surface area contributed by atoms with E-state index in [1.807, 2.05) is 6.07 Å². The van der Waals surface area contributed by atoms with Crippen molar-refractivity contribution in [3.8, 4) is 0 Å². The highest BCUT2D eigenvalue weighted by atomic mass is 32.1. The minimum Gasteiger partial charge on any atom is -0.360 e. The molecule has 1 heterocycles. The van der Waals surface area contributed by atoms with E-state index in [1.54, 1.807) is 0 Å². The second kappa shape index (κ2) is 4.59. The van der Waals surface area contributed by atoms with Gasteiger partial charge in [-0.25, -0.2) is 5.01 Å². The summed E-state index contributed by atoms with van der Waals surface area (Å²) in [4.78, 5) is 0. The summed E-state index contributed by atoms with van der Waals surface area (Å²) in [6.07, 6.45) is 0. The molecular formula is C11H15N3S. The van der Waals surface area contributed by atoms with Gasteiger partial charge in [0.15, 0.2) is 5.11 Å². The Kier molecular flexibility index (Phi) is 3.18. The SMILES string of the molecule is CN1CCNC(=S)N1Cc1ccccc1. The van der Waals surface area contributed by atoms with Gasteiger partial charge in [0, 0.05) is 20.1 Å². The van der Waals surface area contributed by atoms with E-state index < -0.39 is 0 Å². The standard InChI is InChI=1S/C11H15N3S/c1-13-8-7-12-11(15)14(13)9-10-5-3-2-4-6-10/h2-6H,7-9H2,1H3,(H,12,15). The molecule has 1 aromatic carbocycles. The van der Waals surface area contributed by atoms with Crippen LogP contribution in [0.3, 0.4) is 0 Å². The van der Waals surface area contributed by atoms with Crippen LogP contribution in [0.4, 0.5) is 0 Å². The molecule has 0 spiro atoms. The molecule has 15 heavy (non-hydrogen) atoms. The average Bonchev–Trinajstić information content (AvgIpc) is 2.25. The molecule has 1 saturated heterocycles. The largest absolute Gasteiger partial charge is 0.360 e. The van der Waals surface area contributed by atoms with Crippen LogP contribution in [0.25, 0.3) is 0 Å². The van der Waals surface area contributed by atoms with Gasteiger partial charge in [0.25, 0.3) is 0 Å². The number of likely N-dealkylation sites (N-methyl/N-ethyl adjacent to an activating group) is 1. The van der Waals surface area contributed by atoms with Gasteiger partial charge in [0.2, 0.25) is 0 Å². The maximum absolute atomic E-state index is 5.28. The van der Waals surface area contributed by atoms with E-state index in [-0.39, 0.29) is 0 Å². The van der Waals surface area contributed by atoms with Gasteiger partial charge in [-0.15, -0.1) is 0 Å².